The molecule has 1 aliphatic heterocycles. The van der Waals surface area contributed by atoms with E-state index in [1.807, 2.05) is 71.0 Å². The van der Waals surface area contributed by atoms with Gasteiger partial charge in [0, 0.05) is 17.8 Å². The summed E-state index contributed by atoms with van der Waals surface area (Å²) in [5, 5.41) is 9.24. The van der Waals surface area contributed by atoms with Crippen molar-refractivity contribution in [2.24, 2.45) is 0 Å². The summed E-state index contributed by atoms with van der Waals surface area (Å²) < 4.78 is 13.0. The van der Waals surface area contributed by atoms with Crippen molar-refractivity contribution in [2.75, 3.05) is 18.6 Å². The molecule has 33 heavy (non-hydrogen) atoms. The number of carbonyl (C=O) groups is 1. The predicted molar refractivity (Wildman–Crippen MR) is 128 cm³/mol. The predicted octanol–water partition coefficient (Wildman–Crippen LogP) is 4.66. The van der Waals surface area contributed by atoms with Crippen molar-refractivity contribution in [2.45, 2.75) is 30.3 Å². The smallest absolute Gasteiger partial charge is 0.240 e. The van der Waals surface area contributed by atoms with E-state index < -0.39 is 0 Å². The number of nitrogens with zero attached hydrogens (tertiary/aromatic N) is 4. The summed E-state index contributed by atoms with van der Waals surface area (Å²) in [6.45, 7) is 3.09. The van der Waals surface area contributed by atoms with E-state index >= 15 is 0 Å². The van der Waals surface area contributed by atoms with Gasteiger partial charge in [-0.25, -0.2) is 0 Å². The second-order valence-electron chi connectivity index (χ2n) is 7.83. The average Bonchev–Trinajstić information content (AvgIpc) is 3.60. The van der Waals surface area contributed by atoms with Crippen molar-refractivity contribution < 1.29 is 13.9 Å². The highest BCUT2D eigenvalue weighted by atomic mass is 32.2. The zero-order valence-electron chi connectivity index (χ0n) is 18.5. The van der Waals surface area contributed by atoms with Crippen molar-refractivity contribution in [3.8, 4) is 17.1 Å². The van der Waals surface area contributed by atoms with Crippen LogP contribution in [0.4, 0.5) is 5.69 Å². The van der Waals surface area contributed by atoms with Gasteiger partial charge in [-0.2, -0.15) is 0 Å². The number of thioether (sulfide) groups is 1. The molecule has 0 N–H and O–H groups in total. The Balaban J connectivity index is 1.44. The van der Waals surface area contributed by atoms with Gasteiger partial charge in [-0.05, 0) is 49.2 Å². The highest BCUT2D eigenvalue weighted by molar-refractivity contribution is 8.00. The highest BCUT2D eigenvalue weighted by Gasteiger charge is 2.30. The third-order valence-electron chi connectivity index (χ3n) is 5.72. The number of anilines is 1. The van der Waals surface area contributed by atoms with Crippen molar-refractivity contribution in [3.63, 3.8) is 0 Å². The van der Waals surface area contributed by atoms with Gasteiger partial charge in [0.1, 0.15) is 11.5 Å². The van der Waals surface area contributed by atoms with Gasteiger partial charge in [0.25, 0.3) is 0 Å². The van der Waals surface area contributed by atoms with Gasteiger partial charge in [-0.15, -0.1) is 10.2 Å². The van der Waals surface area contributed by atoms with E-state index in [2.05, 4.69) is 16.3 Å². The molecule has 2 aromatic carbocycles. The highest BCUT2D eigenvalue weighted by Crippen LogP contribution is 2.33. The van der Waals surface area contributed by atoms with Gasteiger partial charge < -0.3 is 14.1 Å². The Morgan fingerprint density at radius 2 is 2.03 bits per heavy atom. The van der Waals surface area contributed by atoms with Crippen LogP contribution in [0.2, 0.25) is 0 Å². The molecule has 1 unspecified atom stereocenters. The zero-order valence-corrected chi connectivity index (χ0v) is 19.3. The lowest BCUT2D eigenvalue weighted by Crippen LogP contribution is -2.35. The third kappa shape index (κ3) is 4.26. The molecular formula is C25H24N4O3S. The number of para-hydroxylation sites is 1. The Hall–Kier alpha value is -3.52. The molecular weight excluding hydrogens is 436 g/mol. The third-order valence-corrected chi connectivity index (χ3v) is 6.79. The molecule has 0 fully saturated rings. The maximum Gasteiger partial charge on any atom is 0.240 e. The summed E-state index contributed by atoms with van der Waals surface area (Å²) in [6.07, 6.45) is 2.53. The van der Waals surface area contributed by atoms with Crippen LogP contribution in [0.3, 0.4) is 0 Å². The lowest BCUT2D eigenvalue weighted by Gasteiger charge is -2.21. The summed E-state index contributed by atoms with van der Waals surface area (Å²) in [5.74, 6) is 2.29. The van der Waals surface area contributed by atoms with Crippen LogP contribution in [-0.2, 0) is 17.8 Å². The second-order valence-corrected chi connectivity index (χ2v) is 9.14. The molecule has 1 atom stereocenters. The maximum atomic E-state index is 13.3. The van der Waals surface area contributed by atoms with Gasteiger partial charge in [-0.3, -0.25) is 9.36 Å². The fourth-order valence-corrected chi connectivity index (χ4v) is 4.96. The monoisotopic (exact) mass is 460 g/mol. The molecule has 0 saturated carbocycles. The lowest BCUT2D eigenvalue weighted by atomic mass is 10.2. The summed E-state index contributed by atoms with van der Waals surface area (Å²) in [7, 11) is 1.64. The van der Waals surface area contributed by atoms with Crippen LogP contribution in [0, 0.1) is 0 Å². The second kappa shape index (κ2) is 9.15. The van der Waals surface area contributed by atoms with Crippen molar-refractivity contribution in [1.82, 2.24) is 14.8 Å². The van der Waals surface area contributed by atoms with Gasteiger partial charge in [0.2, 0.25) is 5.91 Å². The van der Waals surface area contributed by atoms with Crippen LogP contribution < -0.4 is 9.64 Å². The molecule has 0 saturated heterocycles. The first-order valence-corrected chi connectivity index (χ1v) is 11.7. The number of benzene rings is 2. The zero-order chi connectivity index (χ0) is 22.8. The molecule has 7 nitrogen and oxygen atoms in total. The van der Waals surface area contributed by atoms with Crippen molar-refractivity contribution in [3.05, 3.63) is 78.3 Å². The van der Waals surface area contributed by atoms with Crippen LogP contribution in [0.25, 0.3) is 11.4 Å². The fraction of sp³-hybridized carbons (Fsp3) is 0.240. The van der Waals surface area contributed by atoms with Crippen LogP contribution in [0.15, 0.2) is 76.5 Å². The van der Waals surface area contributed by atoms with Crippen molar-refractivity contribution >= 4 is 23.4 Å². The van der Waals surface area contributed by atoms with Crippen molar-refractivity contribution in [1.29, 1.82) is 0 Å². The Labute approximate surface area is 196 Å². The SMILES string of the molecule is COc1cccc(-c2nnc(SC(C)C(=O)N3CCc4ccccc43)n2Cc2ccco2)c1. The molecule has 3 heterocycles. The largest absolute Gasteiger partial charge is 0.497 e. The number of aromatic nitrogens is 3. The lowest BCUT2D eigenvalue weighted by molar-refractivity contribution is -0.117. The van der Waals surface area contributed by atoms with E-state index in [1.54, 1.807) is 13.4 Å². The molecule has 5 rings (SSSR count). The molecule has 1 amide bonds. The van der Waals surface area contributed by atoms with E-state index in [9.17, 15) is 4.79 Å². The number of rotatable bonds is 7. The number of hydrogen-bond donors (Lipinski definition) is 0. The Kier molecular flexibility index (Phi) is 5.92. The Morgan fingerprint density at radius 3 is 2.85 bits per heavy atom. The molecule has 4 aromatic rings. The Bertz CT molecular complexity index is 1270. The minimum atomic E-state index is -0.325. The Morgan fingerprint density at radius 1 is 1.15 bits per heavy atom. The molecule has 0 radical (unpaired) electrons. The quantitative estimate of drug-likeness (QED) is 0.373. The number of ether oxygens (including phenoxy) is 1. The van der Waals surface area contributed by atoms with Gasteiger partial charge in [0.15, 0.2) is 11.0 Å². The standard InChI is InChI=1S/C25H24N4O3S/c1-17(24(30)28-13-12-18-7-3-4-11-22(18)28)33-25-27-26-23(19-8-5-9-20(15-19)31-2)29(25)16-21-10-6-14-32-21/h3-11,14-15,17H,12-13,16H2,1-2H3. The number of methoxy groups -OCH3 is 1. The van der Waals surface area contributed by atoms with Gasteiger partial charge in [-0.1, -0.05) is 42.1 Å². The van der Waals surface area contributed by atoms with Gasteiger partial charge in [0.05, 0.1) is 25.2 Å². The van der Waals surface area contributed by atoms with Crippen LogP contribution >= 0.6 is 11.8 Å². The molecule has 2 aromatic heterocycles. The number of hydrogen-bond acceptors (Lipinski definition) is 6. The fourth-order valence-electron chi connectivity index (χ4n) is 4.05. The first-order valence-electron chi connectivity index (χ1n) is 10.8. The van der Waals surface area contributed by atoms with E-state index in [1.165, 1.54) is 17.3 Å². The molecule has 168 valence electrons. The molecule has 1 aliphatic rings. The van der Waals surface area contributed by atoms with Gasteiger partial charge >= 0.3 is 0 Å². The minimum Gasteiger partial charge on any atom is -0.497 e. The molecule has 0 spiro atoms. The number of fused-ring (bicyclic) bond motifs is 1. The summed E-state index contributed by atoms with van der Waals surface area (Å²) in [6, 6.07) is 19.6. The van der Waals surface area contributed by atoms with E-state index in [0.717, 1.165) is 29.2 Å². The molecule has 0 bridgehead atoms. The summed E-state index contributed by atoms with van der Waals surface area (Å²) in [5.41, 5.74) is 3.10. The van der Waals surface area contributed by atoms with E-state index in [4.69, 9.17) is 9.15 Å². The topological polar surface area (TPSA) is 73.4 Å². The minimum absolute atomic E-state index is 0.0698. The summed E-state index contributed by atoms with van der Waals surface area (Å²) in [4.78, 5) is 15.2. The first kappa shape index (κ1) is 21.3. The normalized spacial score (nSPS) is 13.7. The molecule has 8 heteroatoms. The van der Waals surface area contributed by atoms with E-state index in [0.29, 0.717) is 24.1 Å². The van der Waals surface area contributed by atoms with Crippen LogP contribution in [-0.4, -0.2) is 39.6 Å². The van der Waals surface area contributed by atoms with Crippen LogP contribution in [0.1, 0.15) is 18.2 Å². The van der Waals surface area contributed by atoms with E-state index in [-0.39, 0.29) is 11.2 Å². The van der Waals surface area contributed by atoms with Crippen LogP contribution in [0.5, 0.6) is 5.75 Å². The number of furan rings is 1. The number of carbonyl (C=O) groups excluding carboxylic acids is 1. The average molecular weight is 461 g/mol. The molecule has 0 aliphatic carbocycles. The summed E-state index contributed by atoms with van der Waals surface area (Å²) >= 11 is 1.41. The first-order chi connectivity index (χ1) is 16.1. The maximum absolute atomic E-state index is 13.3. The number of amides is 1.